The maximum absolute atomic E-state index is 10.3. The minimum Gasteiger partial charge on any atom is -0.386 e. The van der Waals surface area contributed by atoms with E-state index in [1.165, 1.54) is 22.6 Å². The summed E-state index contributed by atoms with van der Waals surface area (Å²) in [7, 11) is 0. The molecule has 0 aliphatic carbocycles. The molecule has 0 saturated carbocycles. The number of thiophene rings is 1. The predicted molar refractivity (Wildman–Crippen MR) is 89.2 cm³/mol. The maximum atomic E-state index is 10.3. The van der Waals surface area contributed by atoms with Gasteiger partial charge in [-0.1, -0.05) is 29.8 Å². The molecule has 5 heteroatoms. The fraction of sp³-hybridized carbons (Fsp3) is 0.375. The predicted octanol–water partition coefficient (Wildman–Crippen LogP) is 3.97. The van der Waals surface area contributed by atoms with Gasteiger partial charge >= 0.3 is 0 Å². The normalized spacial score (nSPS) is 19.4. The highest BCUT2D eigenvalue weighted by atomic mass is 35.5. The van der Waals surface area contributed by atoms with Gasteiger partial charge in [0, 0.05) is 29.7 Å². The lowest BCUT2D eigenvalue weighted by atomic mass is 10.0. The van der Waals surface area contributed by atoms with Gasteiger partial charge in [-0.3, -0.25) is 0 Å². The molecular weight excluding hydrogens is 304 g/mol. The second-order valence-corrected chi connectivity index (χ2v) is 7.02. The Labute approximate surface area is 134 Å². The van der Waals surface area contributed by atoms with Gasteiger partial charge in [0.25, 0.3) is 0 Å². The van der Waals surface area contributed by atoms with Crippen LogP contribution in [0.5, 0.6) is 0 Å². The van der Waals surface area contributed by atoms with Crippen molar-refractivity contribution in [3.8, 4) is 0 Å². The standard InChI is InChI=1S/C16H19ClN2OS/c17-16-8-7-15(21-16)14(20)10-19-13-6-3-9-18-12-5-2-1-4-11(12)13/h1-2,4-5,7-8,13-14,18-20H,3,6,9-10H2/t13-,14-/m0/s1. The molecular formula is C16H19ClN2OS. The van der Waals surface area contributed by atoms with E-state index in [1.54, 1.807) is 0 Å². The molecule has 1 aliphatic heterocycles. The first-order valence-corrected chi connectivity index (χ1v) is 8.43. The summed E-state index contributed by atoms with van der Waals surface area (Å²) < 4.78 is 0.716. The molecule has 0 amide bonds. The number of benzene rings is 1. The highest BCUT2D eigenvalue weighted by Gasteiger charge is 2.19. The molecule has 112 valence electrons. The second kappa shape index (κ2) is 6.79. The Morgan fingerprint density at radius 1 is 1.33 bits per heavy atom. The van der Waals surface area contributed by atoms with Crippen LogP contribution in [0.15, 0.2) is 36.4 Å². The number of aliphatic hydroxyl groups is 1. The smallest absolute Gasteiger partial charge is 0.101 e. The highest BCUT2D eigenvalue weighted by molar-refractivity contribution is 7.16. The quantitative estimate of drug-likeness (QED) is 0.798. The first-order valence-electron chi connectivity index (χ1n) is 7.23. The lowest BCUT2D eigenvalue weighted by molar-refractivity contribution is 0.172. The summed E-state index contributed by atoms with van der Waals surface area (Å²) in [5.74, 6) is 0. The van der Waals surface area contributed by atoms with Crippen molar-refractivity contribution in [2.24, 2.45) is 0 Å². The van der Waals surface area contributed by atoms with Gasteiger partial charge in [0.2, 0.25) is 0 Å². The number of hydrogen-bond acceptors (Lipinski definition) is 4. The third-order valence-electron chi connectivity index (χ3n) is 3.80. The summed E-state index contributed by atoms with van der Waals surface area (Å²) in [6.07, 6.45) is 1.68. The number of para-hydroxylation sites is 1. The number of halogens is 1. The van der Waals surface area contributed by atoms with Crippen molar-refractivity contribution >= 4 is 28.6 Å². The average Bonchev–Trinajstić information content (AvgIpc) is 2.83. The third kappa shape index (κ3) is 3.58. The van der Waals surface area contributed by atoms with E-state index in [2.05, 4.69) is 34.9 Å². The fourth-order valence-corrected chi connectivity index (χ4v) is 3.77. The topological polar surface area (TPSA) is 44.3 Å². The first-order chi connectivity index (χ1) is 10.2. The monoisotopic (exact) mass is 322 g/mol. The SMILES string of the molecule is O[C@@H](CN[C@H]1CCCNc2ccccc21)c1ccc(Cl)s1. The number of fused-ring (bicyclic) bond motifs is 1. The Balaban J connectivity index is 1.67. The third-order valence-corrected chi connectivity index (χ3v) is 5.13. The molecule has 2 atom stereocenters. The number of hydrogen-bond donors (Lipinski definition) is 3. The first kappa shape index (κ1) is 14.9. The zero-order valence-electron chi connectivity index (χ0n) is 11.7. The summed E-state index contributed by atoms with van der Waals surface area (Å²) in [6.45, 7) is 1.54. The minimum atomic E-state index is -0.508. The van der Waals surface area contributed by atoms with Crippen LogP contribution in [0.2, 0.25) is 4.34 Å². The van der Waals surface area contributed by atoms with E-state index >= 15 is 0 Å². The largest absolute Gasteiger partial charge is 0.386 e. The fourth-order valence-electron chi connectivity index (χ4n) is 2.72. The van der Waals surface area contributed by atoms with Crippen LogP contribution in [0.1, 0.15) is 35.4 Å². The molecule has 2 heterocycles. The molecule has 0 fully saturated rings. The summed E-state index contributed by atoms with van der Waals surface area (Å²) in [5.41, 5.74) is 2.48. The zero-order chi connectivity index (χ0) is 14.7. The zero-order valence-corrected chi connectivity index (χ0v) is 13.3. The summed E-state index contributed by atoms with van der Waals surface area (Å²) >= 11 is 7.36. The Hall–Kier alpha value is -1.07. The van der Waals surface area contributed by atoms with Crippen molar-refractivity contribution in [2.75, 3.05) is 18.4 Å². The number of anilines is 1. The van der Waals surface area contributed by atoms with E-state index < -0.39 is 6.10 Å². The molecule has 1 aromatic carbocycles. The van der Waals surface area contributed by atoms with Crippen molar-refractivity contribution in [3.05, 3.63) is 51.2 Å². The Morgan fingerprint density at radius 3 is 3.00 bits per heavy atom. The Bertz CT molecular complexity index is 601. The molecule has 0 bridgehead atoms. The molecule has 0 radical (unpaired) electrons. The number of nitrogens with one attached hydrogen (secondary N) is 2. The average molecular weight is 323 g/mol. The van der Waals surface area contributed by atoms with Crippen molar-refractivity contribution < 1.29 is 5.11 Å². The molecule has 2 aromatic rings. The van der Waals surface area contributed by atoms with Crippen LogP contribution in [0.25, 0.3) is 0 Å². The highest BCUT2D eigenvalue weighted by Crippen LogP contribution is 2.30. The Morgan fingerprint density at radius 2 is 2.19 bits per heavy atom. The molecule has 21 heavy (non-hydrogen) atoms. The van der Waals surface area contributed by atoms with E-state index in [4.69, 9.17) is 11.6 Å². The van der Waals surface area contributed by atoms with Gasteiger partial charge in [0.1, 0.15) is 6.10 Å². The molecule has 3 N–H and O–H groups in total. The van der Waals surface area contributed by atoms with E-state index in [-0.39, 0.29) is 6.04 Å². The van der Waals surface area contributed by atoms with Crippen LogP contribution in [-0.2, 0) is 0 Å². The van der Waals surface area contributed by atoms with Crippen molar-refractivity contribution in [3.63, 3.8) is 0 Å². The van der Waals surface area contributed by atoms with Crippen LogP contribution >= 0.6 is 22.9 Å². The molecule has 0 saturated heterocycles. The van der Waals surface area contributed by atoms with E-state index in [0.717, 1.165) is 24.3 Å². The van der Waals surface area contributed by atoms with Gasteiger partial charge in [0.15, 0.2) is 0 Å². The Kier molecular flexibility index (Phi) is 4.80. The van der Waals surface area contributed by atoms with Gasteiger partial charge in [-0.05, 0) is 36.6 Å². The van der Waals surface area contributed by atoms with Crippen molar-refractivity contribution in [2.45, 2.75) is 25.0 Å². The van der Waals surface area contributed by atoms with Gasteiger partial charge in [-0.25, -0.2) is 0 Å². The van der Waals surface area contributed by atoms with Gasteiger partial charge in [-0.15, -0.1) is 11.3 Å². The summed E-state index contributed by atoms with van der Waals surface area (Å²) in [6, 6.07) is 12.4. The van der Waals surface area contributed by atoms with Crippen molar-refractivity contribution in [1.82, 2.24) is 5.32 Å². The van der Waals surface area contributed by atoms with Crippen LogP contribution in [0, 0.1) is 0 Å². The lowest BCUT2D eigenvalue weighted by Gasteiger charge is -2.20. The van der Waals surface area contributed by atoms with E-state index in [0.29, 0.717) is 10.9 Å². The van der Waals surface area contributed by atoms with E-state index in [9.17, 15) is 5.11 Å². The molecule has 3 nitrogen and oxygen atoms in total. The van der Waals surface area contributed by atoms with Crippen LogP contribution in [0.3, 0.4) is 0 Å². The number of rotatable bonds is 4. The second-order valence-electron chi connectivity index (χ2n) is 5.27. The minimum absolute atomic E-state index is 0.279. The maximum Gasteiger partial charge on any atom is 0.101 e. The van der Waals surface area contributed by atoms with Gasteiger partial charge < -0.3 is 15.7 Å². The molecule has 3 rings (SSSR count). The molecule has 0 unspecified atom stereocenters. The molecule has 1 aliphatic rings. The van der Waals surface area contributed by atoms with Crippen LogP contribution in [0.4, 0.5) is 5.69 Å². The summed E-state index contributed by atoms with van der Waals surface area (Å²) in [5, 5.41) is 17.2. The molecule has 0 spiro atoms. The van der Waals surface area contributed by atoms with Crippen molar-refractivity contribution in [1.29, 1.82) is 0 Å². The van der Waals surface area contributed by atoms with Gasteiger partial charge in [0.05, 0.1) is 4.34 Å². The number of aliphatic hydroxyl groups excluding tert-OH is 1. The van der Waals surface area contributed by atoms with E-state index in [1.807, 2.05) is 12.1 Å². The van der Waals surface area contributed by atoms with Crippen LogP contribution in [-0.4, -0.2) is 18.2 Å². The lowest BCUT2D eigenvalue weighted by Crippen LogP contribution is -2.26. The van der Waals surface area contributed by atoms with Crippen LogP contribution < -0.4 is 10.6 Å². The summed E-state index contributed by atoms with van der Waals surface area (Å²) in [4.78, 5) is 0.910. The van der Waals surface area contributed by atoms with Gasteiger partial charge in [-0.2, -0.15) is 0 Å². The molecule has 1 aromatic heterocycles.